The van der Waals surface area contributed by atoms with Crippen molar-refractivity contribution in [3.63, 3.8) is 0 Å². The van der Waals surface area contributed by atoms with Gasteiger partial charge in [-0.05, 0) is 83.5 Å². The maximum Gasteiger partial charge on any atom is 0.306 e. The summed E-state index contributed by atoms with van der Waals surface area (Å²) < 4.78 is 17.0. The second-order valence-electron chi connectivity index (χ2n) is 22.7. The summed E-state index contributed by atoms with van der Waals surface area (Å²) >= 11 is 0. The van der Waals surface area contributed by atoms with Crippen LogP contribution in [0.4, 0.5) is 0 Å². The average molecular weight is 1080 g/mol. The number of hydrogen-bond donors (Lipinski definition) is 0. The fraction of sp³-hybridized carbons (Fsp3) is 0.817. The molecule has 0 aliphatic heterocycles. The lowest BCUT2D eigenvalue weighted by Gasteiger charge is -2.18. The first-order chi connectivity index (χ1) is 38.0. The molecule has 0 N–H and O–H groups in total. The van der Waals surface area contributed by atoms with Crippen molar-refractivity contribution in [1.29, 1.82) is 0 Å². The normalized spacial score (nSPS) is 12.4. The number of esters is 3. The summed E-state index contributed by atoms with van der Waals surface area (Å²) in [4.78, 5) is 38.4. The molecule has 0 amide bonds. The predicted octanol–water partition coefficient (Wildman–Crippen LogP) is 23.1. The number of hydrogen-bond acceptors (Lipinski definition) is 6. The summed E-state index contributed by atoms with van der Waals surface area (Å²) in [7, 11) is 0. The van der Waals surface area contributed by atoms with Gasteiger partial charge in [-0.25, -0.2) is 0 Å². The molecule has 0 saturated heterocycles. The standard InChI is InChI=1S/C71H128O6/c1-4-7-10-13-16-19-22-25-28-30-31-32-33-34-35-36-37-38-39-41-43-46-49-52-55-58-61-64-70(73)76-67-68(66-75-69(72)63-60-57-54-51-48-45-42-27-24-21-18-15-12-9-6-3)77-71(74)65-62-59-56-53-50-47-44-40-29-26-23-20-17-14-11-8-5-2/h9,12,18,21-22,25,27,30-31,42,68H,4-8,10-11,13-17,19-20,23-24,26,28-29,32-41,43-67H2,1-3H3/b12-9-,21-18-,25-22-,31-30-,42-27-. The molecule has 0 fully saturated rings. The number of carbonyl (C=O) groups is 3. The Labute approximate surface area is 479 Å². The van der Waals surface area contributed by atoms with Crippen molar-refractivity contribution in [2.24, 2.45) is 0 Å². The molecule has 77 heavy (non-hydrogen) atoms. The Bertz CT molecular complexity index is 1380. The Morgan fingerprint density at radius 2 is 0.506 bits per heavy atom. The third kappa shape index (κ3) is 63.8. The SMILES string of the molecule is CC/C=C\C/C=C\C/C=C\CCCCCCCC(=O)OCC(COC(=O)CCCCCCCCCCCCCCCCC/C=C\C/C=C\CCCCCCC)OC(=O)CCCCCCCCCCCCCCCCCCC. The Morgan fingerprint density at radius 3 is 0.792 bits per heavy atom. The molecule has 448 valence electrons. The summed E-state index contributed by atoms with van der Waals surface area (Å²) in [5, 5.41) is 0. The van der Waals surface area contributed by atoms with Crippen LogP contribution in [0.5, 0.6) is 0 Å². The Balaban J connectivity index is 4.26. The van der Waals surface area contributed by atoms with Crippen molar-refractivity contribution in [3.05, 3.63) is 60.8 Å². The number of rotatable bonds is 62. The molecule has 1 atom stereocenters. The van der Waals surface area contributed by atoms with Gasteiger partial charge in [-0.15, -0.1) is 0 Å². The first kappa shape index (κ1) is 74.1. The predicted molar refractivity (Wildman–Crippen MR) is 335 cm³/mol. The van der Waals surface area contributed by atoms with Gasteiger partial charge in [-0.1, -0.05) is 313 Å². The smallest absolute Gasteiger partial charge is 0.306 e. The molecule has 0 spiro atoms. The zero-order valence-corrected chi connectivity index (χ0v) is 51.5. The van der Waals surface area contributed by atoms with E-state index < -0.39 is 6.10 Å². The van der Waals surface area contributed by atoms with E-state index in [-0.39, 0.29) is 31.1 Å². The second-order valence-corrected chi connectivity index (χ2v) is 22.7. The van der Waals surface area contributed by atoms with Crippen LogP contribution in [-0.2, 0) is 28.6 Å². The molecule has 0 aromatic rings. The number of allylic oxidation sites excluding steroid dienone is 10. The van der Waals surface area contributed by atoms with Gasteiger partial charge in [0.2, 0.25) is 0 Å². The van der Waals surface area contributed by atoms with Gasteiger partial charge in [0, 0.05) is 19.3 Å². The van der Waals surface area contributed by atoms with E-state index in [4.69, 9.17) is 14.2 Å². The molecule has 0 heterocycles. The molecule has 1 unspecified atom stereocenters. The number of carbonyl (C=O) groups excluding carboxylic acids is 3. The highest BCUT2D eigenvalue weighted by Crippen LogP contribution is 2.18. The number of unbranched alkanes of at least 4 members (excludes halogenated alkanes) is 41. The van der Waals surface area contributed by atoms with E-state index in [1.807, 2.05) is 0 Å². The quantitative estimate of drug-likeness (QED) is 0.0261. The van der Waals surface area contributed by atoms with Crippen LogP contribution >= 0.6 is 0 Å². The first-order valence-electron chi connectivity index (χ1n) is 33.8. The van der Waals surface area contributed by atoms with Crippen molar-refractivity contribution in [1.82, 2.24) is 0 Å². The minimum atomic E-state index is -0.780. The summed E-state index contributed by atoms with van der Waals surface area (Å²) in [5.74, 6) is -0.871. The van der Waals surface area contributed by atoms with E-state index in [2.05, 4.69) is 81.5 Å². The van der Waals surface area contributed by atoms with Crippen LogP contribution in [-0.4, -0.2) is 37.2 Å². The summed E-state index contributed by atoms with van der Waals surface area (Å²) in [6.45, 7) is 6.56. The van der Waals surface area contributed by atoms with E-state index in [9.17, 15) is 14.4 Å². The molecule has 0 aliphatic carbocycles. The average Bonchev–Trinajstić information content (AvgIpc) is 3.43. The lowest BCUT2D eigenvalue weighted by atomic mass is 10.0. The van der Waals surface area contributed by atoms with E-state index >= 15 is 0 Å². The molecule has 0 aromatic heterocycles. The highest BCUT2D eigenvalue weighted by Gasteiger charge is 2.19. The maximum atomic E-state index is 12.9. The zero-order chi connectivity index (χ0) is 55.7. The second kappa shape index (κ2) is 65.6. The molecular formula is C71H128O6. The third-order valence-corrected chi connectivity index (χ3v) is 15.0. The van der Waals surface area contributed by atoms with E-state index in [0.29, 0.717) is 19.3 Å². The van der Waals surface area contributed by atoms with Crippen LogP contribution in [0.15, 0.2) is 60.8 Å². The van der Waals surface area contributed by atoms with Gasteiger partial charge in [-0.3, -0.25) is 14.4 Å². The molecule has 6 nitrogen and oxygen atoms in total. The van der Waals surface area contributed by atoms with Gasteiger partial charge in [-0.2, -0.15) is 0 Å². The lowest BCUT2D eigenvalue weighted by molar-refractivity contribution is -0.167. The third-order valence-electron chi connectivity index (χ3n) is 15.0. The summed E-state index contributed by atoms with van der Waals surface area (Å²) in [6.07, 6.45) is 83.8. The fourth-order valence-electron chi connectivity index (χ4n) is 9.96. The highest BCUT2D eigenvalue weighted by molar-refractivity contribution is 5.71. The van der Waals surface area contributed by atoms with Gasteiger partial charge >= 0.3 is 17.9 Å². The maximum absolute atomic E-state index is 12.9. The Kier molecular flexibility index (Phi) is 63.2. The monoisotopic (exact) mass is 1080 g/mol. The van der Waals surface area contributed by atoms with Gasteiger partial charge in [0.15, 0.2) is 6.10 Å². The van der Waals surface area contributed by atoms with Crippen molar-refractivity contribution in [3.8, 4) is 0 Å². The van der Waals surface area contributed by atoms with Crippen molar-refractivity contribution < 1.29 is 28.6 Å². The van der Waals surface area contributed by atoms with Crippen molar-refractivity contribution in [2.45, 2.75) is 361 Å². The van der Waals surface area contributed by atoms with Gasteiger partial charge in [0.1, 0.15) is 13.2 Å². The molecule has 6 heteroatoms. The molecular weight excluding hydrogens is 949 g/mol. The minimum Gasteiger partial charge on any atom is -0.462 e. The summed E-state index contributed by atoms with van der Waals surface area (Å²) in [6, 6.07) is 0. The highest BCUT2D eigenvalue weighted by atomic mass is 16.6. The Morgan fingerprint density at radius 1 is 0.273 bits per heavy atom. The van der Waals surface area contributed by atoms with Crippen LogP contribution in [0, 0.1) is 0 Å². The van der Waals surface area contributed by atoms with Crippen LogP contribution in [0.1, 0.15) is 355 Å². The molecule has 0 rings (SSSR count). The number of ether oxygens (including phenoxy) is 3. The van der Waals surface area contributed by atoms with Gasteiger partial charge < -0.3 is 14.2 Å². The van der Waals surface area contributed by atoms with E-state index in [1.165, 1.54) is 212 Å². The molecule has 0 aliphatic rings. The molecule has 0 saturated carbocycles. The Hall–Kier alpha value is -2.89. The van der Waals surface area contributed by atoms with Crippen LogP contribution < -0.4 is 0 Å². The van der Waals surface area contributed by atoms with Crippen LogP contribution in [0.25, 0.3) is 0 Å². The topological polar surface area (TPSA) is 78.9 Å². The van der Waals surface area contributed by atoms with Crippen LogP contribution in [0.3, 0.4) is 0 Å². The minimum absolute atomic E-state index is 0.0758. The summed E-state index contributed by atoms with van der Waals surface area (Å²) in [5.41, 5.74) is 0. The lowest BCUT2D eigenvalue weighted by Crippen LogP contribution is -2.30. The molecule has 0 aromatic carbocycles. The van der Waals surface area contributed by atoms with E-state index in [1.54, 1.807) is 0 Å². The van der Waals surface area contributed by atoms with Gasteiger partial charge in [0.05, 0.1) is 0 Å². The molecule has 0 bridgehead atoms. The van der Waals surface area contributed by atoms with Crippen molar-refractivity contribution in [2.75, 3.05) is 13.2 Å². The molecule has 0 radical (unpaired) electrons. The largest absolute Gasteiger partial charge is 0.462 e. The van der Waals surface area contributed by atoms with Gasteiger partial charge in [0.25, 0.3) is 0 Å². The van der Waals surface area contributed by atoms with Crippen molar-refractivity contribution >= 4 is 17.9 Å². The fourth-order valence-corrected chi connectivity index (χ4v) is 9.96. The first-order valence-corrected chi connectivity index (χ1v) is 33.8. The van der Waals surface area contributed by atoms with E-state index in [0.717, 1.165) is 103 Å². The zero-order valence-electron chi connectivity index (χ0n) is 51.5. The van der Waals surface area contributed by atoms with Crippen LogP contribution in [0.2, 0.25) is 0 Å².